The Hall–Kier alpha value is -0.0800. The van der Waals surface area contributed by atoms with Gasteiger partial charge in [-0.2, -0.15) is 0 Å². The Morgan fingerprint density at radius 3 is 1.80 bits per heavy atom. The lowest BCUT2D eigenvalue weighted by Gasteiger charge is -2.48. The van der Waals surface area contributed by atoms with Crippen LogP contribution in [0.1, 0.15) is 25.7 Å². The van der Waals surface area contributed by atoms with Crippen LogP contribution in [0, 0.1) is 5.41 Å². The lowest BCUT2D eigenvalue weighted by Crippen LogP contribution is -2.63. The molecule has 58 valence electrons. The summed E-state index contributed by atoms with van der Waals surface area (Å²) in [5, 5.41) is 6.70. The van der Waals surface area contributed by atoms with Crippen LogP contribution in [0.25, 0.3) is 0 Å². The van der Waals surface area contributed by atoms with Crippen LogP contribution in [0.5, 0.6) is 0 Å². The summed E-state index contributed by atoms with van der Waals surface area (Å²) in [6, 6.07) is 0. The van der Waals surface area contributed by atoms with Crippen LogP contribution in [0.2, 0.25) is 0 Å². The average molecular weight is 140 g/mol. The average Bonchev–Trinajstić information content (AvgIpc) is 2.63. The van der Waals surface area contributed by atoms with Gasteiger partial charge in [0.05, 0.1) is 5.66 Å². The maximum atomic E-state index is 3.35. The molecule has 0 aromatic carbocycles. The monoisotopic (exact) mass is 140 g/mol. The van der Waals surface area contributed by atoms with Gasteiger partial charge in [-0.25, -0.2) is 0 Å². The van der Waals surface area contributed by atoms with Crippen molar-refractivity contribution >= 4 is 0 Å². The minimum atomic E-state index is 0.302. The van der Waals surface area contributed by atoms with Gasteiger partial charge < -0.3 is 10.6 Å². The minimum Gasteiger partial charge on any atom is -0.302 e. The zero-order chi connectivity index (χ0) is 7.24. The largest absolute Gasteiger partial charge is 0.302 e. The second-order valence-corrected chi connectivity index (χ2v) is 3.94. The van der Waals surface area contributed by atoms with Crippen LogP contribution in [0.4, 0.5) is 0 Å². The van der Waals surface area contributed by atoms with Crippen molar-refractivity contribution in [1.29, 1.82) is 0 Å². The van der Waals surface area contributed by atoms with Gasteiger partial charge in [0.1, 0.15) is 0 Å². The summed E-state index contributed by atoms with van der Waals surface area (Å²) in [7, 11) is 4.09. The van der Waals surface area contributed by atoms with Crippen molar-refractivity contribution in [2.75, 3.05) is 14.1 Å². The topological polar surface area (TPSA) is 24.1 Å². The Kier molecular flexibility index (Phi) is 1.15. The Bertz CT molecular complexity index is 135. The molecular weight excluding hydrogens is 124 g/mol. The molecule has 2 nitrogen and oxygen atoms in total. The van der Waals surface area contributed by atoms with Gasteiger partial charge >= 0.3 is 0 Å². The molecule has 2 saturated carbocycles. The molecule has 2 aliphatic carbocycles. The molecule has 0 amide bonds. The molecule has 1 spiro atoms. The van der Waals surface area contributed by atoms with Gasteiger partial charge in [-0.1, -0.05) is 0 Å². The van der Waals surface area contributed by atoms with E-state index in [2.05, 4.69) is 10.6 Å². The molecule has 0 bridgehead atoms. The second-order valence-electron chi connectivity index (χ2n) is 3.94. The Morgan fingerprint density at radius 2 is 1.50 bits per heavy atom. The van der Waals surface area contributed by atoms with E-state index in [1.54, 1.807) is 0 Å². The third-order valence-corrected chi connectivity index (χ3v) is 3.27. The van der Waals surface area contributed by atoms with E-state index in [0.717, 1.165) is 5.41 Å². The Labute approximate surface area is 62.4 Å². The van der Waals surface area contributed by atoms with E-state index in [1.165, 1.54) is 25.7 Å². The molecule has 2 aliphatic rings. The first kappa shape index (κ1) is 6.62. The van der Waals surface area contributed by atoms with Crippen molar-refractivity contribution in [3.63, 3.8) is 0 Å². The van der Waals surface area contributed by atoms with Crippen molar-refractivity contribution in [3.05, 3.63) is 0 Å². The van der Waals surface area contributed by atoms with Crippen molar-refractivity contribution in [2.24, 2.45) is 5.41 Å². The predicted molar refractivity (Wildman–Crippen MR) is 41.8 cm³/mol. The first-order valence-corrected chi connectivity index (χ1v) is 4.12. The maximum absolute atomic E-state index is 3.35. The summed E-state index contributed by atoms with van der Waals surface area (Å²) >= 11 is 0. The third-order valence-electron chi connectivity index (χ3n) is 3.27. The number of nitrogens with one attached hydrogen (secondary N) is 2. The lowest BCUT2D eigenvalue weighted by molar-refractivity contribution is 0.0658. The van der Waals surface area contributed by atoms with Crippen LogP contribution in [-0.2, 0) is 0 Å². The SMILES string of the molecule is CNC1(NC)CC2(CC2)C1. The molecule has 0 unspecified atom stereocenters. The molecule has 0 aromatic rings. The Morgan fingerprint density at radius 1 is 1.00 bits per heavy atom. The summed E-state index contributed by atoms with van der Waals surface area (Å²) in [6.45, 7) is 0. The normalized spacial score (nSPS) is 31.8. The van der Waals surface area contributed by atoms with E-state index >= 15 is 0 Å². The summed E-state index contributed by atoms with van der Waals surface area (Å²) in [5.74, 6) is 0. The summed E-state index contributed by atoms with van der Waals surface area (Å²) in [4.78, 5) is 0. The van der Waals surface area contributed by atoms with Crippen molar-refractivity contribution < 1.29 is 0 Å². The van der Waals surface area contributed by atoms with Crippen LogP contribution in [0.15, 0.2) is 0 Å². The third kappa shape index (κ3) is 0.722. The fourth-order valence-electron chi connectivity index (χ4n) is 2.24. The summed E-state index contributed by atoms with van der Waals surface area (Å²) < 4.78 is 0. The highest BCUT2D eigenvalue weighted by atomic mass is 15.2. The first-order chi connectivity index (χ1) is 4.74. The number of hydrogen-bond acceptors (Lipinski definition) is 2. The standard InChI is InChI=1S/C8H16N2/c1-9-8(10-2)5-7(6-8)3-4-7/h9-10H,3-6H2,1-2H3. The van der Waals surface area contributed by atoms with Gasteiger partial charge in [0.2, 0.25) is 0 Å². The first-order valence-electron chi connectivity index (χ1n) is 4.12. The summed E-state index contributed by atoms with van der Waals surface area (Å²) in [5.41, 5.74) is 1.09. The molecule has 0 heterocycles. The smallest absolute Gasteiger partial charge is 0.0693 e. The van der Waals surface area contributed by atoms with Crippen molar-refractivity contribution in [2.45, 2.75) is 31.3 Å². The molecule has 2 N–H and O–H groups in total. The molecule has 0 atom stereocenters. The van der Waals surface area contributed by atoms with Gasteiger partial charge in [0.15, 0.2) is 0 Å². The fourth-order valence-corrected chi connectivity index (χ4v) is 2.24. The minimum absolute atomic E-state index is 0.302. The second kappa shape index (κ2) is 1.74. The molecule has 0 aliphatic heterocycles. The quantitative estimate of drug-likeness (QED) is 0.552. The van der Waals surface area contributed by atoms with Gasteiger partial charge in [-0.3, -0.25) is 0 Å². The van der Waals surface area contributed by atoms with E-state index in [4.69, 9.17) is 0 Å². The van der Waals surface area contributed by atoms with Gasteiger partial charge in [0, 0.05) is 0 Å². The van der Waals surface area contributed by atoms with Crippen LogP contribution >= 0.6 is 0 Å². The number of hydrogen-bond donors (Lipinski definition) is 2. The highest BCUT2D eigenvalue weighted by Crippen LogP contribution is 2.63. The maximum Gasteiger partial charge on any atom is 0.0693 e. The highest BCUT2D eigenvalue weighted by molar-refractivity contribution is 5.13. The van der Waals surface area contributed by atoms with Crippen molar-refractivity contribution in [1.82, 2.24) is 10.6 Å². The zero-order valence-electron chi connectivity index (χ0n) is 6.83. The predicted octanol–water partition coefficient (Wildman–Crippen LogP) is 0.695. The van der Waals surface area contributed by atoms with Gasteiger partial charge in [-0.05, 0) is 45.2 Å². The van der Waals surface area contributed by atoms with E-state index in [-0.39, 0.29) is 0 Å². The van der Waals surface area contributed by atoms with E-state index in [0.29, 0.717) is 5.66 Å². The van der Waals surface area contributed by atoms with E-state index in [1.807, 2.05) is 14.1 Å². The van der Waals surface area contributed by atoms with Gasteiger partial charge in [-0.15, -0.1) is 0 Å². The molecule has 0 radical (unpaired) electrons. The highest BCUT2D eigenvalue weighted by Gasteiger charge is 2.59. The fraction of sp³-hybridized carbons (Fsp3) is 1.00. The molecular formula is C8H16N2. The molecule has 2 fully saturated rings. The zero-order valence-corrected chi connectivity index (χ0v) is 6.83. The molecule has 2 rings (SSSR count). The Balaban J connectivity index is 1.95. The van der Waals surface area contributed by atoms with Gasteiger partial charge in [0.25, 0.3) is 0 Å². The molecule has 0 aromatic heterocycles. The molecule has 2 heteroatoms. The molecule has 10 heavy (non-hydrogen) atoms. The van der Waals surface area contributed by atoms with E-state index in [9.17, 15) is 0 Å². The lowest BCUT2D eigenvalue weighted by atomic mass is 9.71. The van der Waals surface area contributed by atoms with Crippen LogP contribution in [0.3, 0.4) is 0 Å². The van der Waals surface area contributed by atoms with Crippen molar-refractivity contribution in [3.8, 4) is 0 Å². The van der Waals surface area contributed by atoms with Crippen LogP contribution < -0.4 is 10.6 Å². The van der Waals surface area contributed by atoms with E-state index < -0.39 is 0 Å². The summed E-state index contributed by atoms with van der Waals surface area (Å²) in [6.07, 6.45) is 5.62. The molecule has 0 saturated heterocycles. The number of rotatable bonds is 2. The van der Waals surface area contributed by atoms with Crippen LogP contribution in [-0.4, -0.2) is 19.8 Å².